The highest BCUT2D eigenvalue weighted by Crippen LogP contribution is 2.32. The summed E-state index contributed by atoms with van der Waals surface area (Å²) in [5.41, 5.74) is 0.507. The van der Waals surface area contributed by atoms with Crippen molar-refractivity contribution in [1.82, 2.24) is 0 Å². The minimum absolute atomic E-state index is 0.0835. The Morgan fingerprint density at radius 2 is 1.83 bits per heavy atom. The third kappa shape index (κ3) is 1.81. The lowest BCUT2D eigenvalue weighted by atomic mass is 10.1. The predicted molar refractivity (Wildman–Crippen MR) is 64.8 cm³/mol. The molecule has 0 bridgehead atoms. The smallest absolute Gasteiger partial charge is 0.299 e. The zero-order valence-corrected chi connectivity index (χ0v) is 10.7. The highest BCUT2D eigenvalue weighted by molar-refractivity contribution is 7.89. The molecule has 96 valence electrons. The quantitative estimate of drug-likeness (QED) is 0.778. The number of amides is 1. The Morgan fingerprint density at radius 1 is 1.22 bits per heavy atom. The fraction of sp³-hybridized carbons (Fsp3) is 0.273. The second-order valence-corrected chi connectivity index (χ2v) is 5.88. The van der Waals surface area contributed by atoms with Gasteiger partial charge >= 0.3 is 0 Å². The van der Waals surface area contributed by atoms with Crippen LogP contribution in [0, 0.1) is 0 Å². The van der Waals surface area contributed by atoms with Crippen LogP contribution >= 0.6 is 0 Å². The molecule has 6 nitrogen and oxygen atoms in total. The van der Waals surface area contributed by atoms with Gasteiger partial charge in [0.2, 0.25) is 10.0 Å². The van der Waals surface area contributed by atoms with Crippen molar-refractivity contribution in [2.24, 2.45) is 5.14 Å². The van der Waals surface area contributed by atoms with Crippen molar-refractivity contribution in [3.8, 4) is 0 Å². The molecular formula is C11H12N2O4S. The first kappa shape index (κ1) is 12.7. The lowest BCUT2D eigenvalue weighted by molar-refractivity contribution is -0.114. The second kappa shape index (κ2) is 3.89. The fourth-order valence-corrected chi connectivity index (χ4v) is 2.47. The number of rotatable bonds is 2. The van der Waals surface area contributed by atoms with E-state index in [2.05, 4.69) is 0 Å². The van der Waals surface area contributed by atoms with Gasteiger partial charge in [0.1, 0.15) is 0 Å². The van der Waals surface area contributed by atoms with Gasteiger partial charge in [0.15, 0.2) is 0 Å². The summed E-state index contributed by atoms with van der Waals surface area (Å²) >= 11 is 0. The Hall–Kier alpha value is -1.73. The third-order valence-corrected chi connectivity index (χ3v) is 3.64. The van der Waals surface area contributed by atoms with Crippen molar-refractivity contribution >= 4 is 27.4 Å². The van der Waals surface area contributed by atoms with E-state index >= 15 is 0 Å². The predicted octanol–water partition coefficient (Wildman–Crippen LogP) is 0.272. The lowest BCUT2D eigenvalue weighted by Crippen LogP contribution is -2.35. The second-order valence-electron chi connectivity index (χ2n) is 4.32. The van der Waals surface area contributed by atoms with Gasteiger partial charge in [-0.3, -0.25) is 9.59 Å². The molecule has 0 unspecified atom stereocenters. The number of sulfonamides is 1. The van der Waals surface area contributed by atoms with E-state index in [1.54, 1.807) is 13.8 Å². The molecule has 1 amide bonds. The normalized spacial score (nSPS) is 15.4. The Morgan fingerprint density at radius 3 is 2.33 bits per heavy atom. The molecule has 18 heavy (non-hydrogen) atoms. The lowest BCUT2D eigenvalue weighted by Gasteiger charge is -2.20. The summed E-state index contributed by atoms with van der Waals surface area (Å²) in [5, 5.41) is 4.99. The molecular weight excluding hydrogens is 256 g/mol. The molecule has 2 rings (SSSR count). The first-order valence-electron chi connectivity index (χ1n) is 5.28. The number of nitrogens with zero attached hydrogens (tertiary/aromatic N) is 1. The van der Waals surface area contributed by atoms with Gasteiger partial charge in [0.25, 0.3) is 11.7 Å². The molecule has 1 aromatic carbocycles. The van der Waals surface area contributed by atoms with Gasteiger partial charge in [-0.1, -0.05) is 0 Å². The molecule has 0 radical (unpaired) electrons. The van der Waals surface area contributed by atoms with E-state index < -0.39 is 21.7 Å². The number of fused-ring (bicyclic) bond motifs is 1. The zero-order chi connectivity index (χ0) is 13.7. The Labute approximate surface area is 104 Å². The summed E-state index contributed by atoms with van der Waals surface area (Å²) < 4.78 is 22.4. The topological polar surface area (TPSA) is 97.5 Å². The van der Waals surface area contributed by atoms with Gasteiger partial charge in [-0.05, 0) is 32.0 Å². The summed E-state index contributed by atoms with van der Waals surface area (Å²) in [6, 6.07) is 3.68. The Bertz CT molecular complexity index is 649. The van der Waals surface area contributed by atoms with Crippen LogP contribution in [0.5, 0.6) is 0 Å². The summed E-state index contributed by atoms with van der Waals surface area (Å²) in [6.45, 7) is 3.54. The van der Waals surface area contributed by atoms with Crippen molar-refractivity contribution in [3.63, 3.8) is 0 Å². The molecule has 2 N–H and O–H groups in total. The van der Waals surface area contributed by atoms with Gasteiger partial charge in [0, 0.05) is 6.04 Å². The van der Waals surface area contributed by atoms with E-state index in [0.717, 1.165) is 6.07 Å². The van der Waals surface area contributed by atoms with E-state index in [4.69, 9.17) is 5.14 Å². The SMILES string of the molecule is CC(C)N1C(=O)C(=O)c2cc(S(N)(=O)=O)ccc21. The summed E-state index contributed by atoms with van der Waals surface area (Å²) in [7, 11) is -3.89. The molecule has 7 heteroatoms. The van der Waals surface area contributed by atoms with E-state index in [1.165, 1.54) is 17.0 Å². The molecule has 1 aliphatic heterocycles. The van der Waals surface area contributed by atoms with Gasteiger partial charge < -0.3 is 4.90 Å². The number of benzene rings is 1. The Balaban J connectivity index is 2.64. The standard InChI is InChI=1S/C11H12N2O4S/c1-6(2)13-9-4-3-7(18(12,16)17)5-8(9)10(14)11(13)15/h3-6H,1-2H3,(H2,12,16,17). The van der Waals surface area contributed by atoms with Crippen LogP contribution in [0.25, 0.3) is 0 Å². The summed E-state index contributed by atoms with van der Waals surface area (Å²) in [4.78, 5) is 24.7. The van der Waals surface area contributed by atoms with E-state index in [9.17, 15) is 18.0 Å². The number of ketones is 1. The average molecular weight is 268 g/mol. The molecule has 1 aromatic rings. The summed E-state index contributed by atoms with van der Waals surface area (Å²) in [6.07, 6.45) is 0. The van der Waals surface area contributed by atoms with Crippen LogP contribution in [0.15, 0.2) is 23.1 Å². The number of anilines is 1. The van der Waals surface area contributed by atoms with E-state index in [1.807, 2.05) is 0 Å². The first-order chi connectivity index (χ1) is 8.23. The van der Waals surface area contributed by atoms with Gasteiger partial charge in [0.05, 0.1) is 16.1 Å². The highest BCUT2D eigenvalue weighted by Gasteiger charge is 2.37. The first-order valence-corrected chi connectivity index (χ1v) is 6.83. The van der Waals surface area contributed by atoms with E-state index in [-0.39, 0.29) is 16.5 Å². The highest BCUT2D eigenvalue weighted by atomic mass is 32.2. The van der Waals surface area contributed by atoms with Crippen molar-refractivity contribution in [3.05, 3.63) is 23.8 Å². The number of hydrogen-bond acceptors (Lipinski definition) is 4. The zero-order valence-electron chi connectivity index (χ0n) is 9.88. The minimum atomic E-state index is -3.89. The number of Topliss-reactive ketones (excluding diaryl/α,β-unsaturated/α-hetero) is 1. The van der Waals surface area contributed by atoms with Crippen LogP contribution < -0.4 is 10.0 Å². The van der Waals surface area contributed by atoms with Crippen molar-refractivity contribution in [2.45, 2.75) is 24.8 Å². The molecule has 0 fully saturated rings. The number of nitrogens with two attached hydrogens (primary N) is 1. The number of primary sulfonamides is 1. The molecule has 0 spiro atoms. The van der Waals surface area contributed by atoms with Gasteiger partial charge in [-0.15, -0.1) is 0 Å². The summed E-state index contributed by atoms with van der Waals surface area (Å²) in [5.74, 6) is -1.35. The molecule has 0 aliphatic carbocycles. The maximum Gasteiger partial charge on any atom is 0.299 e. The van der Waals surface area contributed by atoms with Crippen LogP contribution in [-0.4, -0.2) is 26.2 Å². The number of carbonyl (C=O) groups is 2. The molecule has 0 saturated carbocycles. The fourth-order valence-electron chi connectivity index (χ4n) is 1.93. The van der Waals surface area contributed by atoms with E-state index in [0.29, 0.717) is 5.69 Å². The van der Waals surface area contributed by atoms with Gasteiger partial charge in [-0.2, -0.15) is 0 Å². The van der Waals surface area contributed by atoms with Crippen molar-refractivity contribution in [2.75, 3.05) is 4.90 Å². The Kier molecular flexibility index (Phi) is 2.75. The molecule has 1 heterocycles. The molecule has 0 atom stereocenters. The van der Waals surface area contributed by atoms with Crippen LogP contribution in [0.4, 0.5) is 5.69 Å². The van der Waals surface area contributed by atoms with Gasteiger partial charge in [-0.25, -0.2) is 13.6 Å². The number of hydrogen-bond donors (Lipinski definition) is 1. The maximum atomic E-state index is 11.8. The minimum Gasteiger partial charge on any atom is -0.302 e. The van der Waals surface area contributed by atoms with Crippen LogP contribution in [0.3, 0.4) is 0 Å². The third-order valence-electron chi connectivity index (χ3n) is 2.73. The molecule has 0 aromatic heterocycles. The van der Waals surface area contributed by atoms with Crippen molar-refractivity contribution in [1.29, 1.82) is 0 Å². The largest absolute Gasteiger partial charge is 0.302 e. The van der Waals surface area contributed by atoms with Crippen LogP contribution in [0.2, 0.25) is 0 Å². The average Bonchev–Trinajstić information content (AvgIpc) is 2.50. The molecule has 1 aliphatic rings. The molecule has 0 saturated heterocycles. The van der Waals surface area contributed by atoms with Crippen LogP contribution in [-0.2, 0) is 14.8 Å². The van der Waals surface area contributed by atoms with Crippen molar-refractivity contribution < 1.29 is 18.0 Å². The number of carbonyl (C=O) groups excluding carboxylic acids is 2. The van der Waals surface area contributed by atoms with Crippen LogP contribution in [0.1, 0.15) is 24.2 Å². The monoisotopic (exact) mass is 268 g/mol. The maximum absolute atomic E-state index is 11.8.